The maximum atomic E-state index is 14.1. The fourth-order valence-electron chi connectivity index (χ4n) is 4.20. The number of nitrogens with zero attached hydrogens (tertiary/aromatic N) is 3. The molecule has 0 radical (unpaired) electrons. The molecule has 1 atom stereocenters. The number of sulfone groups is 1. The molecule has 2 aromatic carbocycles. The predicted molar refractivity (Wildman–Crippen MR) is 118 cm³/mol. The molecule has 2 aromatic heterocycles. The van der Waals surface area contributed by atoms with Gasteiger partial charge in [-0.1, -0.05) is 23.7 Å². The molecule has 164 valence electrons. The predicted octanol–water partition coefficient (Wildman–Crippen LogP) is 4.45. The summed E-state index contributed by atoms with van der Waals surface area (Å²) in [4.78, 5) is 13.7. The molecular formula is C22H17ClF2N4O2S. The molecule has 0 spiro atoms. The van der Waals surface area contributed by atoms with Crippen molar-refractivity contribution in [3.63, 3.8) is 0 Å². The quantitative estimate of drug-likeness (QED) is 0.474. The van der Waals surface area contributed by atoms with Gasteiger partial charge in [0, 0.05) is 29.4 Å². The van der Waals surface area contributed by atoms with Crippen LogP contribution in [0.4, 0.5) is 14.7 Å². The molecule has 0 saturated carbocycles. The topological polar surface area (TPSA) is 79.0 Å². The minimum Gasteiger partial charge on any atom is -0.356 e. The number of aromatic nitrogens is 3. The van der Waals surface area contributed by atoms with Crippen LogP contribution in [0, 0.1) is 11.6 Å². The molecule has 0 fully saturated rings. The summed E-state index contributed by atoms with van der Waals surface area (Å²) in [7, 11) is -3.36. The van der Waals surface area contributed by atoms with Gasteiger partial charge in [-0.3, -0.25) is 0 Å². The second kappa shape index (κ2) is 7.53. The molecule has 32 heavy (non-hydrogen) atoms. The summed E-state index contributed by atoms with van der Waals surface area (Å²) in [6, 6.07) is 9.09. The van der Waals surface area contributed by atoms with Crippen molar-refractivity contribution in [3.05, 3.63) is 82.3 Å². The van der Waals surface area contributed by atoms with Gasteiger partial charge in [-0.15, -0.1) is 0 Å². The highest BCUT2D eigenvalue weighted by Crippen LogP contribution is 2.40. The van der Waals surface area contributed by atoms with E-state index in [2.05, 4.69) is 15.0 Å². The summed E-state index contributed by atoms with van der Waals surface area (Å²) in [5.74, 6) is -0.737. The summed E-state index contributed by atoms with van der Waals surface area (Å²) in [6.45, 7) is 0.513. The normalized spacial score (nSPS) is 16.4. The van der Waals surface area contributed by atoms with Gasteiger partial charge in [0.05, 0.1) is 28.4 Å². The summed E-state index contributed by atoms with van der Waals surface area (Å²) < 4.78 is 51.3. The Hall–Kier alpha value is -3.04. The lowest BCUT2D eigenvalue weighted by Gasteiger charge is -2.36. The van der Waals surface area contributed by atoms with Gasteiger partial charge in [-0.2, -0.15) is 0 Å². The summed E-state index contributed by atoms with van der Waals surface area (Å²) in [6.07, 6.45) is 3.95. The third-order valence-corrected chi connectivity index (χ3v) is 7.07. The van der Waals surface area contributed by atoms with Crippen molar-refractivity contribution in [2.75, 3.05) is 17.7 Å². The van der Waals surface area contributed by atoms with Crippen LogP contribution in [0.5, 0.6) is 0 Å². The lowest BCUT2D eigenvalue weighted by molar-refractivity contribution is 0.596. The number of aromatic amines is 1. The van der Waals surface area contributed by atoms with Crippen LogP contribution in [0.2, 0.25) is 5.02 Å². The number of hydrogen-bond donors (Lipinski definition) is 1. The van der Waals surface area contributed by atoms with E-state index < -0.39 is 27.5 Å². The average Bonchev–Trinajstić information content (AvgIpc) is 3.11. The zero-order valence-corrected chi connectivity index (χ0v) is 18.4. The maximum Gasteiger partial charge on any atom is 0.226 e. The molecule has 0 amide bonds. The van der Waals surface area contributed by atoms with Crippen molar-refractivity contribution >= 4 is 38.3 Å². The van der Waals surface area contributed by atoms with E-state index in [1.165, 1.54) is 6.07 Å². The molecule has 1 aliphatic rings. The fraction of sp³-hybridized carbons (Fsp3) is 0.182. The third kappa shape index (κ3) is 3.51. The lowest BCUT2D eigenvalue weighted by Crippen LogP contribution is -2.37. The van der Waals surface area contributed by atoms with Crippen molar-refractivity contribution in [1.82, 2.24) is 15.0 Å². The minimum atomic E-state index is -3.36. The second-order valence-electron chi connectivity index (χ2n) is 7.72. The summed E-state index contributed by atoms with van der Waals surface area (Å²) in [5, 5.41) is 0.862. The Balaban J connectivity index is 1.70. The molecule has 1 aliphatic heterocycles. The van der Waals surface area contributed by atoms with Crippen molar-refractivity contribution in [1.29, 1.82) is 0 Å². The molecule has 1 unspecified atom stereocenters. The first kappa shape index (κ1) is 20.8. The van der Waals surface area contributed by atoms with E-state index in [1.807, 2.05) is 4.90 Å². The van der Waals surface area contributed by atoms with Crippen LogP contribution >= 0.6 is 11.6 Å². The number of benzene rings is 2. The van der Waals surface area contributed by atoms with E-state index in [9.17, 15) is 17.2 Å². The van der Waals surface area contributed by atoms with Crippen molar-refractivity contribution < 1.29 is 17.2 Å². The van der Waals surface area contributed by atoms with Crippen LogP contribution in [0.3, 0.4) is 0 Å². The zero-order chi connectivity index (χ0) is 22.6. The lowest BCUT2D eigenvalue weighted by atomic mass is 9.92. The summed E-state index contributed by atoms with van der Waals surface area (Å²) >= 11 is 6.03. The molecular weight excluding hydrogens is 458 g/mol. The van der Waals surface area contributed by atoms with Gasteiger partial charge in [-0.05, 0) is 41.8 Å². The van der Waals surface area contributed by atoms with Crippen LogP contribution in [0.25, 0.3) is 10.9 Å². The SMILES string of the molecule is CS(=O)(=O)c1ccc(C2c3[nH]c4cc(F)c(Cl)cc4c3CCN2c2ncc(F)cn2)cc1. The first-order chi connectivity index (χ1) is 15.2. The largest absolute Gasteiger partial charge is 0.356 e. The van der Waals surface area contributed by atoms with Gasteiger partial charge >= 0.3 is 0 Å². The Morgan fingerprint density at radius 3 is 2.47 bits per heavy atom. The Morgan fingerprint density at radius 1 is 1.12 bits per heavy atom. The average molecular weight is 475 g/mol. The number of nitrogens with one attached hydrogen (secondary N) is 1. The third-order valence-electron chi connectivity index (χ3n) is 5.66. The number of anilines is 1. The second-order valence-corrected chi connectivity index (χ2v) is 10.1. The van der Waals surface area contributed by atoms with E-state index in [-0.39, 0.29) is 9.92 Å². The van der Waals surface area contributed by atoms with E-state index in [4.69, 9.17) is 11.6 Å². The number of hydrogen-bond acceptors (Lipinski definition) is 5. The molecule has 0 saturated heterocycles. The Bertz CT molecular complexity index is 1440. The van der Waals surface area contributed by atoms with E-state index in [1.54, 1.807) is 30.3 Å². The molecule has 3 heterocycles. The highest BCUT2D eigenvalue weighted by Gasteiger charge is 2.33. The Labute approximate surface area is 187 Å². The molecule has 5 rings (SSSR count). The van der Waals surface area contributed by atoms with E-state index in [0.29, 0.717) is 24.4 Å². The molecule has 10 heteroatoms. The number of fused-ring (bicyclic) bond motifs is 3. The van der Waals surface area contributed by atoms with Gasteiger partial charge in [0.15, 0.2) is 15.7 Å². The zero-order valence-electron chi connectivity index (χ0n) is 16.8. The number of H-pyrrole nitrogens is 1. The summed E-state index contributed by atoms with van der Waals surface area (Å²) in [5.41, 5.74) is 3.17. The molecule has 0 bridgehead atoms. The maximum absolute atomic E-state index is 14.1. The molecule has 0 aliphatic carbocycles. The van der Waals surface area contributed by atoms with Gasteiger partial charge in [-0.25, -0.2) is 27.2 Å². The minimum absolute atomic E-state index is 0.0395. The van der Waals surface area contributed by atoms with Gasteiger partial charge in [0.2, 0.25) is 5.95 Å². The van der Waals surface area contributed by atoms with Crippen LogP contribution in [0.1, 0.15) is 22.9 Å². The fourth-order valence-corrected chi connectivity index (χ4v) is 4.99. The smallest absolute Gasteiger partial charge is 0.226 e. The monoisotopic (exact) mass is 474 g/mol. The molecule has 6 nitrogen and oxygen atoms in total. The molecule has 4 aromatic rings. The first-order valence-corrected chi connectivity index (χ1v) is 12.0. The van der Waals surface area contributed by atoms with Crippen LogP contribution in [0.15, 0.2) is 53.7 Å². The van der Waals surface area contributed by atoms with Gasteiger partial charge < -0.3 is 9.88 Å². The number of rotatable bonds is 3. The van der Waals surface area contributed by atoms with Crippen LogP contribution in [-0.2, 0) is 16.3 Å². The van der Waals surface area contributed by atoms with Crippen LogP contribution in [-0.4, -0.2) is 36.2 Å². The number of halogens is 3. The van der Waals surface area contributed by atoms with Gasteiger partial charge in [0.25, 0.3) is 0 Å². The highest BCUT2D eigenvalue weighted by molar-refractivity contribution is 7.90. The highest BCUT2D eigenvalue weighted by atomic mass is 35.5. The Kier molecular flexibility index (Phi) is 4.90. The van der Waals surface area contributed by atoms with Crippen molar-refractivity contribution in [2.24, 2.45) is 0 Å². The van der Waals surface area contributed by atoms with Crippen LogP contribution < -0.4 is 4.90 Å². The standard InChI is InChI=1S/C22H17ClF2N4O2S/c1-32(30,31)14-4-2-12(3-5-14)21-20-15(16-8-17(23)18(25)9-19(16)28-20)6-7-29(21)22-26-10-13(24)11-27-22/h2-5,8-11,21,28H,6-7H2,1H3. The van der Waals surface area contributed by atoms with Gasteiger partial charge in [0.1, 0.15) is 5.82 Å². The van der Waals surface area contributed by atoms with E-state index in [0.717, 1.165) is 40.9 Å². The van der Waals surface area contributed by atoms with Crippen molar-refractivity contribution in [2.45, 2.75) is 17.4 Å². The first-order valence-electron chi connectivity index (χ1n) is 9.76. The Morgan fingerprint density at radius 2 is 1.81 bits per heavy atom. The molecule has 1 N–H and O–H groups in total. The van der Waals surface area contributed by atoms with Crippen molar-refractivity contribution in [3.8, 4) is 0 Å². The van der Waals surface area contributed by atoms with E-state index >= 15 is 0 Å².